The van der Waals surface area contributed by atoms with Crippen molar-refractivity contribution in [1.82, 2.24) is 30.9 Å². The molecule has 1 aromatic carbocycles. The maximum absolute atomic E-state index is 13.3. The first-order valence-electron chi connectivity index (χ1n) is 11.2. The molecule has 3 atom stereocenters. The molecule has 3 rings (SSSR count). The van der Waals surface area contributed by atoms with Crippen molar-refractivity contribution in [1.29, 1.82) is 0 Å². The van der Waals surface area contributed by atoms with E-state index in [2.05, 4.69) is 30.9 Å². The van der Waals surface area contributed by atoms with Crippen LogP contribution in [0.5, 0.6) is 0 Å². The standard InChI is InChI=1S/C23H27N7O7/c24-8-19(31)28-16(5-12-9-26-15-4-2-1-3-14(12)15)21(34)29-17(6-13-10-25-11-27-13)22(35)30-18(23(36)37)7-20(32)33/h1-4,9-11,16-18,26H,5-8,24H2,(H,25,27)(H,28,31)(H,29,34)(H,30,35)(H,32,33)(H,36,37). The number of amides is 3. The highest BCUT2D eigenvalue weighted by molar-refractivity contribution is 5.95. The van der Waals surface area contributed by atoms with Crippen molar-refractivity contribution in [2.45, 2.75) is 37.4 Å². The number of carboxylic acids is 2. The number of carboxylic acid groups (broad SMARTS) is 2. The molecule has 0 spiro atoms. The molecule has 196 valence electrons. The van der Waals surface area contributed by atoms with Crippen LogP contribution in [0.25, 0.3) is 10.9 Å². The maximum Gasteiger partial charge on any atom is 0.326 e. The Morgan fingerprint density at radius 3 is 2.22 bits per heavy atom. The van der Waals surface area contributed by atoms with Crippen LogP contribution in [0.15, 0.2) is 43.0 Å². The molecule has 0 aliphatic rings. The zero-order valence-electron chi connectivity index (χ0n) is 19.6. The van der Waals surface area contributed by atoms with E-state index >= 15 is 0 Å². The summed E-state index contributed by atoms with van der Waals surface area (Å²) in [5.41, 5.74) is 7.43. The zero-order chi connectivity index (χ0) is 26.9. The van der Waals surface area contributed by atoms with Gasteiger partial charge >= 0.3 is 11.9 Å². The monoisotopic (exact) mass is 513 g/mol. The zero-order valence-corrected chi connectivity index (χ0v) is 19.6. The van der Waals surface area contributed by atoms with E-state index in [-0.39, 0.29) is 19.4 Å². The number of benzene rings is 1. The van der Waals surface area contributed by atoms with Gasteiger partial charge in [0, 0.05) is 41.8 Å². The Balaban J connectivity index is 1.83. The third-order valence-corrected chi connectivity index (χ3v) is 5.54. The van der Waals surface area contributed by atoms with Crippen molar-refractivity contribution >= 4 is 40.6 Å². The van der Waals surface area contributed by atoms with Crippen LogP contribution in [0.3, 0.4) is 0 Å². The molecule has 0 radical (unpaired) electrons. The van der Waals surface area contributed by atoms with E-state index < -0.39 is 54.2 Å². The maximum atomic E-state index is 13.3. The van der Waals surface area contributed by atoms with Crippen molar-refractivity contribution < 1.29 is 34.2 Å². The van der Waals surface area contributed by atoms with Crippen molar-refractivity contribution in [3.8, 4) is 0 Å². The number of nitrogens with two attached hydrogens (primary N) is 1. The molecule has 0 saturated heterocycles. The summed E-state index contributed by atoms with van der Waals surface area (Å²) in [5, 5.41) is 26.3. The molecule has 2 aromatic heterocycles. The highest BCUT2D eigenvalue weighted by atomic mass is 16.4. The topological polar surface area (TPSA) is 232 Å². The van der Waals surface area contributed by atoms with Crippen LogP contribution >= 0.6 is 0 Å². The van der Waals surface area contributed by atoms with Gasteiger partial charge in [0.05, 0.1) is 19.3 Å². The van der Waals surface area contributed by atoms with E-state index in [9.17, 15) is 29.1 Å². The number of imidazole rings is 1. The van der Waals surface area contributed by atoms with Crippen molar-refractivity contribution in [2.75, 3.05) is 6.54 Å². The van der Waals surface area contributed by atoms with Crippen LogP contribution in [0.4, 0.5) is 0 Å². The molecule has 0 fully saturated rings. The molecule has 0 bridgehead atoms. The number of rotatable bonds is 13. The molecular formula is C23H27N7O7. The SMILES string of the molecule is NCC(=O)NC(Cc1c[nH]c2ccccc12)C(=O)NC(Cc1cnc[nH]1)C(=O)NC(CC(=O)O)C(=O)O. The molecule has 0 aliphatic heterocycles. The van der Waals surface area contributed by atoms with Crippen LogP contribution in [0, 0.1) is 0 Å². The van der Waals surface area contributed by atoms with Gasteiger partial charge in [0.25, 0.3) is 0 Å². The predicted molar refractivity (Wildman–Crippen MR) is 129 cm³/mol. The Morgan fingerprint density at radius 2 is 1.59 bits per heavy atom. The third kappa shape index (κ3) is 7.38. The Labute approximate surface area is 210 Å². The number of nitrogens with one attached hydrogen (secondary N) is 5. The quantitative estimate of drug-likeness (QED) is 0.135. The summed E-state index contributed by atoms with van der Waals surface area (Å²) in [5.74, 6) is -5.22. The molecule has 2 heterocycles. The second-order valence-corrected chi connectivity index (χ2v) is 8.23. The summed E-state index contributed by atoms with van der Waals surface area (Å²) >= 11 is 0. The molecule has 14 heteroatoms. The smallest absolute Gasteiger partial charge is 0.326 e. The predicted octanol–water partition coefficient (Wildman–Crippen LogP) is -1.35. The summed E-state index contributed by atoms with van der Waals surface area (Å²) in [4.78, 5) is 70.5. The molecule has 3 unspecified atom stereocenters. The number of aliphatic carboxylic acids is 2. The van der Waals surface area contributed by atoms with Gasteiger partial charge in [-0.05, 0) is 11.6 Å². The van der Waals surface area contributed by atoms with Crippen LogP contribution in [-0.2, 0) is 36.8 Å². The minimum absolute atomic E-state index is 0.0662. The fourth-order valence-corrected chi connectivity index (χ4v) is 3.73. The molecular weight excluding hydrogens is 486 g/mol. The second-order valence-electron chi connectivity index (χ2n) is 8.23. The van der Waals surface area contributed by atoms with Gasteiger partial charge in [0.15, 0.2) is 0 Å². The number of para-hydroxylation sites is 1. The highest BCUT2D eigenvalue weighted by Crippen LogP contribution is 2.19. The first kappa shape index (κ1) is 26.9. The molecule has 3 amide bonds. The largest absolute Gasteiger partial charge is 0.481 e. The Bertz CT molecular complexity index is 1270. The van der Waals surface area contributed by atoms with Gasteiger partial charge < -0.3 is 41.9 Å². The number of nitrogens with zero attached hydrogens (tertiary/aromatic N) is 1. The summed E-state index contributed by atoms with van der Waals surface area (Å²) in [6, 6.07) is 3.22. The number of carbonyl (C=O) groups excluding carboxylic acids is 3. The van der Waals surface area contributed by atoms with Crippen LogP contribution in [-0.4, -0.2) is 79.5 Å². The third-order valence-electron chi connectivity index (χ3n) is 5.54. The van der Waals surface area contributed by atoms with Gasteiger partial charge in [0.2, 0.25) is 17.7 Å². The van der Waals surface area contributed by atoms with Crippen LogP contribution in [0.1, 0.15) is 17.7 Å². The minimum atomic E-state index is -1.72. The summed E-state index contributed by atoms with van der Waals surface area (Å²) < 4.78 is 0. The lowest BCUT2D eigenvalue weighted by molar-refractivity contribution is -0.147. The number of fused-ring (bicyclic) bond motifs is 1. The van der Waals surface area contributed by atoms with E-state index in [0.717, 1.165) is 16.5 Å². The highest BCUT2D eigenvalue weighted by Gasteiger charge is 2.31. The first-order chi connectivity index (χ1) is 17.7. The average molecular weight is 514 g/mol. The fourth-order valence-electron chi connectivity index (χ4n) is 3.73. The lowest BCUT2D eigenvalue weighted by Crippen LogP contribution is -2.57. The van der Waals surface area contributed by atoms with E-state index in [1.807, 2.05) is 24.3 Å². The van der Waals surface area contributed by atoms with Gasteiger partial charge in [-0.25, -0.2) is 9.78 Å². The first-order valence-corrected chi connectivity index (χ1v) is 11.2. The van der Waals surface area contributed by atoms with Gasteiger partial charge in [0.1, 0.15) is 18.1 Å². The normalized spacial score (nSPS) is 13.3. The number of hydrogen-bond acceptors (Lipinski definition) is 7. The number of aromatic nitrogens is 3. The molecule has 14 nitrogen and oxygen atoms in total. The van der Waals surface area contributed by atoms with Crippen LogP contribution in [0.2, 0.25) is 0 Å². The van der Waals surface area contributed by atoms with Crippen LogP contribution < -0.4 is 21.7 Å². The van der Waals surface area contributed by atoms with Gasteiger partial charge in [-0.3, -0.25) is 19.2 Å². The summed E-state index contributed by atoms with van der Waals surface area (Å²) in [6.45, 7) is -0.370. The van der Waals surface area contributed by atoms with Crippen molar-refractivity contribution in [3.63, 3.8) is 0 Å². The van der Waals surface area contributed by atoms with Gasteiger partial charge in [-0.1, -0.05) is 18.2 Å². The number of H-pyrrole nitrogens is 2. The lowest BCUT2D eigenvalue weighted by atomic mass is 10.0. The lowest BCUT2D eigenvalue weighted by Gasteiger charge is -2.24. The van der Waals surface area contributed by atoms with E-state index in [1.165, 1.54) is 12.5 Å². The van der Waals surface area contributed by atoms with E-state index in [0.29, 0.717) is 5.69 Å². The fraction of sp³-hybridized carbons (Fsp3) is 0.304. The minimum Gasteiger partial charge on any atom is -0.481 e. The van der Waals surface area contributed by atoms with Crippen molar-refractivity contribution in [2.24, 2.45) is 5.73 Å². The van der Waals surface area contributed by atoms with Gasteiger partial charge in [-0.15, -0.1) is 0 Å². The summed E-state index contributed by atoms with van der Waals surface area (Å²) in [6.07, 6.45) is 3.58. The van der Waals surface area contributed by atoms with Crippen molar-refractivity contribution in [3.05, 3.63) is 54.2 Å². The number of hydrogen-bond donors (Lipinski definition) is 8. The number of aromatic amines is 2. The molecule has 9 N–H and O–H groups in total. The van der Waals surface area contributed by atoms with E-state index in [4.69, 9.17) is 10.8 Å². The Morgan fingerprint density at radius 1 is 0.919 bits per heavy atom. The van der Waals surface area contributed by atoms with E-state index in [1.54, 1.807) is 6.20 Å². The average Bonchev–Trinajstić information content (AvgIpc) is 3.52. The number of carbonyl (C=O) groups is 5. The van der Waals surface area contributed by atoms with Gasteiger partial charge in [-0.2, -0.15) is 0 Å². The molecule has 37 heavy (non-hydrogen) atoms. The Hall–Kier alpha value is -4.72. The molecule has 3 aromatic rings. The molecule has 0 aliphatic carbocycles. The Kier molecular flexibility index (Phi) is 8.94. The molecule has 0 saturated carbocycles. The summed E-state index contributed by atoms with van der Waals surface area (Å²) in [7, 11) is 0. The second kappa shape index (κ2) is 12.3.